The van der Waals surface area contributed by atoms with Gasteiger partial charge in [-0.3, -0.25) is 0 Å². The standard InChI is InChI=1S/C18H20N4O2/c1-24-15-7-8-16-17(11-15)22(13-21-16)10-9-19-18(23)20-12-14-5-3-2-4-6-14/h2-8,11,13H,9-10,12H2,1H3,(H2,19,20,23). The van der Waals surface area contributed by atoms with Crippen molar-refractivity contribution in [3.05, 3.63) is 60.4 Å². The van der Waals surface area contributed by atoms with E-state index < -0.39 is 0 Å². The number of urea groups is 1. The summed E-state index contributed by atoms with van der Waals surface area (Å²) >= 11 is 0. The van der Waals surface area contributed by atoms with Gasteiger partial charge in [0.05, 0.1) is 24.5 Å². The molecule has 0 bridgehead atoms. The van der Waals surface area contributed by atoms with Crippen LogP contribution in [0.25, 0.3) is 11.0 Å². The fourth-order valence-electron chi connectivity index (χ4n) is 2.47. The Hall–Kier alpha value is -3.02. The Labute approximate surface area is 140 Å². The van der Waals surface area contributed by atoms with E-state index >= 15 is 0 Å². The number of fused-ring (bicyclic) bond motifs is 1. The molecule has 1 heterocycles. The molecule has 24 heavy (non-hydrogen) atoms. The Morgan fingerprint density at radius 2 is 2.00 bits per heavy atom. The Kier molecular flexibility index (Phi) is 4.96. The van der Waals surface area contributed by atoms with Gasteiger partial charge >= 0.3 is 6.03 Å². The second kappa shape index (κ2) is 7.50. The summed E-state index contributed by atoms with van der Waals surface area (Å²) in [6.07, 6.45) is 1.77. The summed E-state index contributed by atoms with van der Waals surface area (Å²) in [5.41, 5.74) is 2.96. The summed E-state index contributed by atoms with van der Waals surface area (Å²) in [7, 11) is 1.64. The number of carbonyl (C=O) groups is 1. The number of methoxy groups -OCH3 is 1. The maximum Gasteiger partial charge on any atom is 0.315 e. The van der Waals surface area contributed by atoms with Crippen LogP contribution in [0.5, 0.6) is 5.75 Å². The van der Waals surface area contributed by atoms with E-state index in [0.29, 0.717) is 19.6 Å². The van der Waals surface area contributed by atoms with Crippen LogP contribution in [-0.4, -0.2) is 29.2 Å². The van der Waals surface area contributed by atoms with Crippen LogP contribution in [0, 0.1) is 0 Å². The average Bonchev–Trinajstić information content (AvgIpc) is 3.03. The van der Waals surface area contributed by atoms with Crippen molar-refractivity contribution in [2.75, 3.05) is 13.7 Å². The second-order valence-electron chi connectivity index (χ2n) is 5.39. The predicted octanol–water partition coefficient (Wildman–Crippen LogP) is 2.54. The molecular weight excluding hydrogens is 304 g/mol. The molecule has 6 heteroatoms. The minimum atomic E-state index is -0.180. The van der Waals surface area contributed by atoms with Gasteiger partial charge in [-0.05, 0) is 17.7 Å². The number of imidazole rings is 1. The summed E-state index contributed by atoms with van der Waals surface area (Å²) in [5, 5.41) is 5.69. The fourth-order valence-corrected chi connectivity index (χ4v) is 2.47. The zero-order valence-corrected chi connectivity index (χ0v) is 13.5. The number of benzene rings is 2. The van der Waals surface area contributed by atoms with Gasteiger partial charge in [-0.25, -0.2) is 9.78 Å². The van der Waals surface area contributed by atoms with E-state index in [9.17, 15) is 4.79 Å². The Balaban J connectivity index is 1.50. The van der Waals surface area contributed by atoms with Crippen LogP contribution in [0.3, 0.4) is 0 Å². The first-order valence-corrected chi connectivity index (χ1v) is 7.81. The molecule has 0 fully saturated rings. The third kappa shape index (κ3) is 3.84. The van der Waals surface area contributed by atoms with Crippen LogP contribution in [0.4, 0.5) is 4.79 Å². The van der Waals surface area contributed by atoms with Crippen LogP contribution >= 0.6 is 0 Å². The highest BCUT2D eigenvalue weighted by Gasteiger charge is 2.05. The first kappa shape index (κ1) is 15.9. The largest absolute Gasteiger partial charge is 0.497 e. The number of carbonyl (C=O) groups excluding carboxylic acids is 1. The number of hydrogen-bond acceptors (Lipinski definition) is 3. The van der Waals surface area contributed by atoms with Gasteiger partial charge < -0.3 is 19.9 Å². The smallest absolute Gasteiger partial charge is 0.315 e. The fraction of sp³-hybridized carbons (Fsp3) is 0.222. The maximum absolute atomic E-state index is 11.8. The van der Waals surface area contributed by atoms with E-state index in [1.807, 2.05) is 53.1 Å². The quantitative estimate of drug-likeness (QED) is 0.732. The summed E-state index contributed by atoms with van der Waals surface area (Å²) in [5.74, 6) is 0.790. The van der Waals surface area contributed by atoms with Crippen molar-refractivity contribution in [3.8, 4) is 5.75 Å². The number of ether oxygens (including phenoxy) is 1. The van der Waals surface area contributed by atoms with Crippen molar-refractivity contribution in [2.45, 2.75) is 13.1 Å². The topological polar surface area (TPSA) is 68.2 Å². The first-order valence-electron chi connectivity index (χ1n) is 7.81. The lowest BCUT2D eigenvalue weighted by Gasteiger charge is -2.09. The molecule has 0 saturated carbocycles. The second-order valence-corrected chi connectivity index (χ2v) is 5.39. The zero-order chi connectivity index (χ0) is 16.8. The summed E-state index contributed by atoms with van der Waals surface area (Å²) in [4.78, 5) is 16.2. The first-order chi connectivity index (χ1) is 11.8. The van der Waals surface area contributed by atoms with Crippen LogP contribution in [0.1, 0.15) is 5.56 Å². The monoisotopic (exact) mass is 324 g/mol. The molecule has 6 nitrogen and oxygen atoms in total. The molecular formula is C18H20N4O2. The molecule has 0 radical (unpaired) electrons. The lowest BCUT2D eigenvalue weighted by atomic mass is 10.2. The molecule has 124 valence electrons. The number of nitrogens with one attached hydrogen (secondary N) is 2. The third-order valence-corrected chi connectivity index (χ3v) is 3.76. The summed E-state index contributed by atoms with van der Waals surface area (Å²) in [6.45, 7) is 1.67. The lowest BCUT2D eigenvalue weighted by Crippen LogP contribution is -2.36. The lowest BCUT2D eigenvalue weighted by molar-refractivity contribution is 0.240. The SMILES string of the molecule is COc1ccc2ncn(CCNC(=O)NCc3ccccc3)c2c1. The number of hydrogen-bond donors (Lipinski definition) is 2. The molecule has 0 aliphatic carbocycles. The molecule has 0 spiro atoms. The van der Waals surface area contributed by atoms with E-state index in [1.54, 1.807) is 13.4 Å². The van der Waals surface area contributed by atoms with Crippen LogP contribution in [0.2, 0.25) is 0 Å². The molecule has 2 aromatic carbocycles. The van der Waals surface area contributed by atoms with Gasteiger partial charge in [0.2, 0.25) is 0 Å². The maximum atomic E-state index is 11.8. The third-order valence-electron chi connectivity index (χ3n) is 3.76. The highest BCUT2D eigenvalue weighted by atomic mass is 16.5. The summed E-state index contributed by atoms with van der Waals surface area (Å²) < 4.78 is 7.24. The number of aromatic nitrogens is 2. The summed E-state index contributed by atoms with van der Waals surface area (Å²) in [6, 6.07) is 15.4. The minimum absolute atomic E-state index is 0.180. The van der Waals surface area contributed by atoms with E-state index in [4.69, 9.17) is 4.74 Å². The molecule has 3 rings (SSSR count). The Bertz CT molecular complexity index is 814. The van der Waals surface area contributed by atoms with E-state index in [2.05, 4.69) is 15.6 Å². The molecule has 0 atom stereocenters. The highest BCUT2D eigenvalue weighted by Crippen LogP contribution is 2.19. The molecule has 0 aliphatic rings. The molecule has 2 amide bonds. The van der Waals surface area contributed by atoms with Gasteiger partial charge in [-0.15, -0.1) is 0 Å². The number of amides is 2. The molecule has 0 aliphatic heterocycles. The van der Waals surface area contributed by atoms with Crippen molar-refractivity contribution in [1.29, 1.82) is 0 Å². The van der Waals surface area contributed by atoms with Crippen LogP contribution < -0.4 is 15.4 Å². The average molecular weight is 324 g/mol. The number of rotatable bonds is 6. The van der Waals surface area contributed by atoms with Crippen molar-refractivity contribution >= 4 is 17.1 Å². The molecule has 0 unspecified atom stereocenters. The van der Waals surface area contributed by atoms with Gasteiger partial charge in [0.25, 0.3) is 0 Å². The molecule has 3 aromatic rings. The van der Waals surface area contributed by atoms with Gasteiger partial charge in [0.15, 0.2) is 0 Å². The van der Waals surface area contributed by atoms with Crippen LogP contribution in [0.15, 0.2) is 54.9 Å². The van der Waals surface area contributed by atoms with Crippen molar-refractivity contribution in [2.24, 2.45) is 0 Å². The molecule has 1 aromatic heterocycles. The van der Waals surface area contributed by atoms with Gasteiger partial charge in [0, 0.05) is 25.7 Å². The van der Waals surface area contributed by atoms with E-state index in [1.165, 1.54) is 0 Å². The van der Waals surface area contributed by atoms with Crippen molar-refractivity contribution in [3.63, 3.8) is 0 Å². The van der Waals surface area contributed by atoms with Crippen molar-refractivity contribution in [1.82, 2.24) is 20.2 Å². The van der Waals surface area contributed by atoms with E-state index in [0.717, 1.165) is 22.3 Å². The predicted molar refractivity (Wildman–Crippen MR) is 93.0 cm³/mol. The van der Waals surface area contributed by atoms with Gasteiger partial charge in [-0.2, -0.15) is 0 Å². The Morgan fingerprint density at radius 1 is 1.17 bits per heavy atom. The highest BCUT2D eigenvalue weighted by molar-refractivity contribution is 5.77. The van der Waals surface area contributed by atoms with Crippen LogP contribution in [-0.2, 0) is 13.1 Å². The minimum Gasteiger partial charge on any atom is -0.497 e. The van der Waals surface area contributed by atoms with E-state index in [-0.39, 0.29) is 6.03 Å². The molecule has 0 saturated heterocycles. The molecule has 2 N–H and O–H groups in total. The normalized spacial score (nSPS) is 10.5. The number of nitrogens with zero attached hydrogens (tertiary/aromatic N) is 2. The zero-order valence-electron chi connectivity index (χ0n) is 13.5. The van der Waals surface area contributed by atoms with Gasteiger partial charge in [0.1, 0.15) is 5.75 Å². The Morgan fingerprint density at radius 3 is 2.79 bits per heavy atom. The van der Waals surface area contributed by atoms with Crippen molar-refractivity contribution < 1.29 is 9.53 Å². The van der Waals surface area contributed by atoms with Gasteiger partial charge in [-0.1, -0.05) is 30.3 Å².